The maximum atomic E-state index is 12.7. The summed E-state index contributed by atoms with van der Waals surface area (Å²) in [5, 5.41) is 0. The Morgan fingerprint density at radius 1 is 0.833 bits per heavy atom. The van der Waals surface area contributed by atoms with Gasteiger partial charge in [-0.3, -0.25) is 4.79 Å². The summed E-state index contributed by atoms with van der Waals surface area (Å²) in [6.45, 7) is 8.35. The number of nitrogens with zero attached hydrogens (tertiary/aromatic N) is 1. The molecule has 0 aliphatic rings. The topological polar surface area (TPSA) is 22.0 Å². The minimum absolute atomic E-state index is 0.0889. The van der Waals surface area contributed by atoms with Crippen molar-refractivity contribution in [2.45, 2.75) is 33.1 Å². The highest BCUT2D eigenvalue weighted by molar-refractivity contribution is 5.67. The standard InChI is InChI=1S/C22H23NO/c1-16-19(24)15-20(22(2,3)4)23(18-13-9-6-10-14-18)21(16)17-11-7-5-8-12-17/h5-15H,1-4H3. The van der Waals surface area contributed by atoms with Gasteiger partial charge in [-0.1, -0.05) is 69.3 Å². The summed E-state index contributed by atoms with van der Waals surface area (Å²) in [5.74, 6) is 0. The molecule has 3 aromatic rings. The van der Waals surface area contributed by atoms with Crippen molar-refractivity contribution in [1.29, 1.82) is 0 Å². The molecule has 0 N–H and O–H groups in total. The largest absolute Gasteiger partial charge is 0.313 e. The summed E-state index contributed by atoms with van der Waals surface area (Å²) in [6, 6.07) is 22.2. The van der Waals surface area contributed by atoms with Crippen LogP contribution in [0.4, 0.5) is 0 Å². The molecule has 1 aromatic heterocycles. The number of rotatable bonds is 2. The Balaban J connectivity index is 2.48. The summed E-state index contributed by atoms with van der Waals surface area (Å²) in [5.41, 5.74) is 4.84. The molecule has 0 fully saturated rings. The zero-order chi connectivity index (χ0) is 17.3. The van der Waals surface area contributed by atoms with Crippen LogP contribution in [0.15, 0.2) is 71.5 Å². The van der Waals surface area contributed by atoms with Crippen LogP contribution in [0.25, 0.3) is 16.9 Å². The van der Waals surface area contributed by atoms with E-state index < -0.39 is 0 Å². The van der Waals surface area contributed by atoms with Gasteiger partial charge >= 0.3 is 0 Å². The first-order valence-electron chi connectivity index (χ1n) is 8.27. The highest BCUT2D eigenvalue weighted by atomic mass is 16.1. The molecule has 2 aromatic carbocycles. The number of pyridine rings is 1. The molecule has 0 saturated carbocycles. The van der Waals surface area contributed by atoms with Gasteiger partial charge in [-0.25, -0.2) is 0 Å². The van der Waals surface area contributed by atoms with Crippen LogP contribution < -0.4 is 5.43 Å². The van der Waals surface area contributed by atoms with Gasteiger partial charge in [-0.05, 0) is 24.6 Å². The van der Waals surface area contributed by atoms with E-state index >= 15 is 0 Å². The molecule has 0 aliphatic carbocycles. The Bertz CT molecular complexity index is 900. The molecule has 0 atom stereocenters. The molecule has 0 saturated heterocycles. The smallest absolute Gasteiger partial charge is 0.185 e. The molecule has 0 unspecified atom stereocenters. The summed E-state index contributed by atoms with van der Waals surface area (Å²) < 4.78 is 2.23. The molecule has 1 heterocycles. The SMILES string of the molecule is Cc1c(-c2ccccc2)n(-c2ccccc2)c(C(C)(C)C)cc1=O. The third kappa shape index (κ3) is 2.92. The molecule has 2 heteroatoms. The normalized spacial score (nSPS) is 11.5. The molecule has 3 rings (SSSR count). The summed E-state index contributed by atoms with van der Waals surface area (Å²) in [4.78, 5) is 12.7. The first-order chi connectivity index (χ1) is 11.4. The van der Waals surface area contributed by atoms with Crippen LogP contribution in [-0.2, 0) is 5.41 Å². The molecule has 0 bridgehead atoms. The molecule has 122 valence electrons. The fourth-order valence-electron chi connectivity index (χ4n) is 3.04. The highest BCUT2D eigenvalue weighted by Crippen LogP contribution is 2.31. The number of hydrogen-bond acceptors (Lipinski definition) is 1. The fourth-order valence-corrected chi connectivity index (χ4v) is 3.04. The van der Waals surface area contributed by atoms with Crippen molar-refractivity contribution in [3.8, 4) is 16.9 Å². The van der Waals surface area contributed by atoms with Gasteiger partial charge in [0, 0.05) is 28.4 Å². The lowest BCUT2D eigenvalue weighted by atomic mass is 9.89. The predicted molar refractivity (Wildman–Crippen MR) is 101 cm³/mol. The molecule has 0 spiro atoms. The third-order valence-electron chi connectivity index (χ3n) is 4.29. The van der Waals surface area contributed by atoms with Crippen molar-refractivity contribution in [1.82, 2.24) is 4.57 Å². The Labute approximate surface area is 143 Å². The van der Waals surface area contributed by atoms with Crippen LogP contribution in [-0.4, -0.2) is 4.57 Å². The van der Waals surface area contributed by atoms with Crippen LogP contribution in [0.3, 0.4) is 0 Å². The quantitative estimate of drug-likeness (QED) is 0.643. The molecule has 0 amide bonds. The average molecular weight is 317 g/mol. The van der Waals surface area contributed by atoms with Crippen LogP contribution in [0, 0.1) is 6.92 Å². The van der Waals surface area contributed by atoms with Crippen LogP contribution in [0.5, 0.6) is 0 Å². The molecular weight excluding hydrogens is 294 g/mol. The number of para-hydroxylation sites is 1. The van der Waals surface area contributed by atoms with E-state index in [9.17, 15) is 4.79 Å². The second-order valence-corrected chi connectivity index (χ2v) is 7.15. The fraction of sp³-hybridized carbons (Fsp3) is 0.227. The highest BCUT2D eigenvalue weighted by Gasteiger charge is 2.23. The van der Waals surface area contributed by atoms with Gasteiger partial charge in [0.25, 0.3) is 0 Å². The molecule has 2 nitrogen and oxygen atoms in total. The maximum Gasteiger partial charge on any atom is 0.185 e. The van der Waals surface area contributed by atoms with Gasteiger partial charge in [0.15, 0.2) is 5.43 Å². The second-order valence-electron chi connectivity index (χ2n) is 7.15. The summed E-state index contributed by atoms with van der Waals surface area (Å²) >= 11 is 0. The lowest BCUT2D eigenvalue weighted by molar-refractivity contribution is 0.551. The van der Waals surface area contributed by atoms with Gasteiger partial charge in [-0.15, -0.1) is 0 Å². The minimum Gasteiger partial charge on any atom is -0.313 e. The lowest BCUT2D eigenvalue weighted by Crippen LogP contribution is -2.25. The number of hydrogen-bond donors (Lipinski definition) is 0. The second kappa shape index (κ2) is 6.12. The Kier molecular flexibility index (Phi) is 4.15. The Hall–Kier alpha value is -2.61. The molecule has 0 aliphatic heterocycles. The Morgan fingerprint density at radius 3 is 1.92 bits per heavy atom. The van der Waals surface area contributed by atoms with E-state index in [4.69, 9.17) is 0 Å². The predicted octanol–water partition coefficient (Wildman–Crippen LogP) is 5.11. The van der Waals surface area contributed by atoms with Crippen molar-refractivity contribution in [3.63, 3.8) is 0 Å². The zero-order valence-corrected chi connectivity index (χ0v) is 14.7. The van der Waals surface area contributed by atoms with E-state index in [0.717, 1.165) is 28.2 Å². The van der Waals surface area contributed by atoms with E-state index in [2.05, 4.69) is 49.6 Å². The lowest BCUT2D eigenvalue weighted by Gasteiger charge is -2.28. The van der Waals surface area contributed by atoms with Gasteiger partial charge < -0.3 is 4.57 Å². The average Bonchev–Trinajstić information content (AvgIpc) is 2.57. The van der Waals surface area contributed by atoms with Gasteiger partial charge in [-0.2, -0.15) is 0 Å². The van der Waals surface area contributed by atoms with Gasteiger partial charge in [0.2, 0.25) is 0 Å². The molecule has 0 radical (unpaired) electrons. The van der Waals surface area contributed by atoms with Gasteiger partial charge in [0.1, 0.15) is 0 Å². The van der Waals surface area contributed by atoms with Gasteiger partial charge in [0.05, 0.1) is 5.69 Å². The van der Waals surface area contributed by atoms with E-state index in [1.165, 1.54) is 0 Å². The van der Waals surface area contributed by atoms with E-state index in [1.807, 2.05) is 43.3 Å². The first kappa shape index (κ1) is 16.3. The minimum atomic E-state index is -0.147. The molecular formula is C22H23NO. The first-order valence-corrected chi connectivity index (χ1v) is 8.27. The maximum absolute atomic E-state index is 12.7. The Morgan fingerprint density at radius 2 is 1.38 bits per heavy atom. The number of benzene rings is 2. The van der Waals surface area contributed by atoms with E-state index in [1.54, 1.807) is 6.07 Å². The van der Waals surface area contributed by atoms with Crippen LogP contribution in [0.1, 0.15) is 32.0 Å². The number of aromatic nitrogens is 1. The van der Waals surface area contributed by atoms with Crippen molar-refractivity contribution in [3.05, 3.63) is 88.2 Å². The van der Waals surface area contributed by atoms with Crippen molar-refractivity contribution < 1.29 is 0 Å². The zero-order valence-electron chi connectivity index (χ0n) is 14.7. The summed E-state index contributed by atoms with van der Waals surface area (Å²) in [6.07, 6.45) is 0. The van der Waals surface area contributed by atoms with Crippen LogP contribution >= 0.6 is 0 Å². The van der Waals surface area contributed by atoms with Crippen molar-refractivity contribution >= 4 is 0 Å². The van der Waals surface area contributed by atoms with E-state index in [-0.39, 0.29) is 10.8 Å². The van der Waals surface area contributed by atoms with Crippen molar-refractivity contribution in [2.75, 3.05) is 0 Å². The van der Waals surface area contributed by atoms with E-state index in [0.29, 0.717) is 0 Å². The monoisotopic (exact) mass is 317 g/mol. The summed E-state index contributed by atoms with van der Waals surface area (Å²) in [7, 11) is 0. The molecule has 24 heavy (non-hydrogen) atoms. The van der Waals surface area contributed by atoms with Crippen LogP contribution in [0.2, 0.25) is 0 Å². The third-order valence-corrected chi connectivity index (χ3v) is 4.29. The van der Waals surface area contributed by atoms with Crippen molar-refractivity contribution in [2.24, 2.45) is 0 Å².